The Morgan fingerprint density at radius 1 is 1.53 bits per heavy atom. The molecule has 0 fully saturated rings. The first-order valence-corrected chi connectivity index (χ1v) is 5.44. The molecule has 2 rings (SSSR count). The molecule has 0 amide bonds. The highest BCUT2D eigenvalue weighted by Gasteiger charge is 2.18. The van der Waals surface area contributed by atoms with Crippen LogP contribution in [0, 0.1) is 10.1 Å². The lowest BCUT2D eigenvalue weighted by atomic mass is 10.1. The Balaban J connectivity index is 2.55. The van der Waals surface area contributed by atoms with Crippen molar-refractivity contribution in [2.75, 3.05) is 6.61 Å². The van der Waals surface area contributed by atoms with Gasteiger partial charge in [0.05, 0.1) is 10.5 Å². The highest BCUT2D eigenvalue weighted by Crippen LogP contribution is 2.25. The third-order valence-corrected chi connectivity index (χ3v) is 2.45. The summed E-state index contributed by atoms with van der Waals surface area (Å²) < 4.78 is 4.86. The number of aromatic nitrogens is 1. The van der Waals surface area contributed by atoms with E-state index in [0.29, 0.717) is 5.39 Å². The Morgan fingerprint density at radius 3 is 3.00 bits per heavy atom. The molecule has 0 N–H and O–H groups in total. The lowest BCUT2D eigenvalue weighted by Crippen LogP contribution is -2.06. The number of rotatable bonds is 4. The number of pyridine rings is 1. The molecule has 1 heterocycles. The molecular formula is C13H10N2O4. The van der Waals surface area contributed by atoms with E-state index in [4.69, 9.17) is 4.74 Å². The average Bonchev–Trinajstić information content (AvgIpc) is 2.43. The first-order valence-electron chi connectivity index (χ1n) is 5.44. The van der Waals surface area contributed by atoms with Crippen LogP contribution in [0.5, 0.6) is 0 Å². The number of non-ortho nitro benzene ring substituents is 1. The highest BCUT2D eigenvalue weighted by molar-refractivity contribution is 5.98. The molecule has 1 aromatic heterocycles. The Kier molecular flexibility index (Phi) is 3.51. The minimum Gasteiger partial charge on any atom is -0.458 e. The zero-order valence-electron chi connectivity index (χ0n) is 9.91. The van der Waals surface area contributed by atoms with E-state index in [1.165, 1.54) is 24.4 Å². The lowest BCUT2D eigenvalue weighted by molar-refractivity contribution is -0.383. The van der Waals surface area contributed by atoms with E-state index in [0.717, 1.165) is 0 Å². The number of benzene rings is 1. The van der Waals surface area contributed by atoms with Gasteiger partial charge in [-0.1, -0.05) is 18.7 Å². The maximum absolute atomic E-state index is 11.7. The van der Waals surface area contributed by atoms with Crippen molar-refractivity contribution in [3.63, 3.8) is 0 Å². The van der Waals surface area contributed by atoms with E-state index in [9.17, 15) is 14.9 Å². The SMILES string of the molecule is C=CCOC(=O)c1cc([N+](=O)[O-])c2ncccc2c1. The Labute approximate surface area is 108 Å². The van der Waals surface area contributed by atoms with Crippen molar-refractivity contribution in [1.29, 1.82) is 0 Å². The maximum Gasteiger partial charge on any atom is 0.338 e. The van der Waals surface area contributed by atoms with Crippen LogP contribution in [0.3, 0.4) is 0 Å². The minimum absolute atomic E-state index is 0.0533. The molecule has 6 nitrogen and oxygen atoms in total. The van der Waals surface area contributed by atoms with E-state index >= 15 is 0 Å². The Morgan fingerprint density at radius 2 is 2.32 bits per heavy atom. The molecule has 6 heteroatoms. The summed E-state index contributed by atoms with van der Waals surface area (Å²) in [6.45, 7) is 3.48. The predicted molar refractivity (Wildman–Crippen MR) is 68.9 cm³/mol. The molecule has 0 saturated carbocycles. The van der Waals surface area contributed by atoms with Gasteiger partial charge in [0.1, 0.15) is 12.1 Å². The first kappa shape index (κ1) is 12.7. The van der Waals surface area contributed by atoms with Crippen molar-refractivity contribution < 1.29 is 14.5 Å². The van der Waals surface area contributed by atoms with E-state index in [1.807, 2.05) is 0 Å². The highest BCUT2D eigenvalue weighted by atomic mass is 16.6. The van der Waals surface area contributed by atoms with Gasteiger partial charge < -0.3 is 4.74 Å². The van der Waals surface area contributed by atoms with Crippen LogP contribution >= 0.6 is 0 Å². The molecule has 0 aliphatic rings. The summed E-state index contributed by atoms with van der Waals surface area (Å²) in [5.74, 6) is -0.631. The van der Waals surface area contributed by atoms with Gasteiger partial charge in [-0.3, -0.25) is 10.1 Å². The van der Waals surface area contributed by atoms with Crippen molar-refractivity contribution in [2.45, 2.75) is 0 Å². The minimum atomic E-state index is -0.631. The lowest BCUT2D eigenvalue weighted by Gasteiger charge is -2.04. The fraction of sp³-hybridized carbons (Fsp3) is 0.0769. The predicted octanol–water partition coefficient (Wildman–Crippen LogP) is 2.49. The van der Waals surface area contributed by atoms with Gasteiger partial charge in [-0.05, 0) is 12.1 Å². The monoisotopic (exact) mass is 258 g/mol. The van der Waals surface area contributed by atoms with E-state index in [2.05, 4.69) is 11.6 Å². The number of nitro benzene ring substituents is 1. The first-order chi connectivity index (χ1) is 9.13. The zero-order valence-corrected chi connectivity index (χ0v) is 9.91. The molecule has 0 unspecified atom stereocenters. The van der Waals surface area contributed by atoms with Gasteiger partial charge in [-0.15, -0.1) is 0 Å². The molecule has 0 radical (unpaired) electrons. The van der Waals surface area contributed by atoms with Gasteiger partial charge in [0.2, 0.25) is 0 Å². The number of esters is 1. The van der Waals surface area contributed by atoms with E-state index in [-0.39, 0.29) is 23.4 Å². The molecule has 96 valence electrons. The van der Waals surface area contributed by atoms with Crippen molar-refractivity contribution in [3.05, 3.63) is 58.8 Å². The second-order valence-corrected chi connectivity index (χ2v) is 3.71. The van der Waals surface area contributed by atoms with Gasteiger partial charge in [0, 0.05) is 17.6 Å². The zero-order chi connectivity index (χ0) is 13.8. The summed E-state index contributed by atoms with van der Waals surface area (Å²) in [5, 5.41) is 11.5. The van der Waals surface area contributed by atoms with Crippen molar-refractivity contribution in [1.82, 2.24) is 4.98 Å². The number of hydrogen-bond donors (Lipinski definition) is 0. The molecular weight excluding hydrogens is 248 g/mol. The van der Waals surface area contributed by atoms with Gasteiger partial charge in [0.15, 0.2) is 0 Å². The molecule has 0 spiro atoms. The molecule has 0 atom stereocenters. The fourth-order valence-corrected chi connectivity index (χ4v) is 1.65. The molecule has 0 bridgehead atoms. The summed E-state index contributed by atoms with van der Waals surface area (Å²) in [6.07, 6.45) is 2.89. The second-order valence-electron chi connectivity index (χ2n) is 3.71. The molecule has 0 aliphatic carbocycles. The fourth-order valence-electron chi connectivity index (χ4n) is 1.65. The smallest absolute Gasteiger partial charge is 0.338 e. The van der Waals surface area contributed by atoms with Gasteiger partial charge >= 0.3 is 5.97 Å². The third kappa shape index (κ3) is 2.57. The summed E-state index contributed by atoms with van der Waals surface area (Å²) >= 11 is 0. The Hall–Kier alpha value is -2.76. The van der Waals surface area contributed by atoms with E-state index in [1.54, 1.807) is 12.1 Å². The molecule has 19 heavy (non-hydrogen) atoms. The van der Waals surface area contributed by atoms with Crippen LogP contribution in [0.4, 0.5) is 5.69 Å². The summed E-state index contributed by atoms with van der Waals surface area (Å²) in [5.41, 5.74) is 0.144. The number of carbonyl (C=O) groups is 1. The normalized spacial score (nSPS) is 10.1. The molecule has 2 aromatic rings. The number of hydrogen-bond acceptors (Lipinski definition) is 5. The summed E-state index contributed by atoms with van der Waals surface area (Å²) in [4.78, 5) is 26.1. The average molecular weight is 258 g/mol. The van der Waals surface area contributed by atoms with Gasteiger partial charge in [-0.2, -0.15) is 0 Å². The number of nitro groups is 1. The number of ether oxygens (including phenoxy) is 1. The van der Waals surface area contributed by atoms with Crippen LogP contribution in [0.1, 0.15) is 10.4 Å². The quantitative estimate of drug-likeness (QED) is 0.364. The van der Waals surface area contributed by atoms with Crippen LogP contribution in [0.15, 0.2) is 43.1 Å². The Bertz CT molecular complexity index is 667. The summed E-state index contributed by atoms with van der Waals surface area (Å²) in [7, 11) is 0. The largest absolute Gasteiger partial charge is 0.458 e. The standard InChI is InChI=1S/C13H10N2O4/c1-2-6-19-13(16)10-7-9-4-3-5-14-12(9)11(8-10)15(17)18/h2-5,7-8H,1,6H2. The van der Waals surface area contributed by atoms with Crippen LogP contribution in [-0.4, -0.2) is 22.5 Å². The molecule has 0 aliphatic heterocycles. The number of nitrogens with zero attached hydrogens (tertiary/aromatic N) is 2. The van der Waals surface area contributed by atoms with E-state index < -0.39 is 10.9 Å². The van der Waals surface area contributed by atoms with Crippen LogP contribution in [0.2, 0.25) is 0 Å². The van der Waals surface area contributed by atoms with Crippen LogP contribution < -0.4 is 0 Å². The van der Waals surface area contributed by atoms with Gasteiger partial charge in [-0.25, -0.2) is 9.78 Å². The van der Waals surface area contributed by atoms with Crippen LogP contribution in [-0.2, 0) is 4.74 Å². The third-order valence-electron chi connectivity index (χ3n) is 2.45. The van der Waals surface area contributed by atoms with Crippen molar-refractivity contribution in [3.8, 4) is 0 Å². The van der Waals surface area contributed by atoms with Gasteiger partial charge in [0.25, 0.3) is 5.69 Å². The second kappa shape index (κ2) is 5.26. The summed E-state index contributed by atoms with van der Waals surface area (Å²) in [6, 6.07) is 5.98. The van der Waals surface area contributed by atoms with Crippen molar-refractivity contribution >= 4 is 22.6 Å². The molecule has 0 saturated heterocycles. The maximum atomic E-state index is 11.7. The molecule has 1 aromatic carbocycles. The number of fused-ring (bicyclic) bond motifs is 1. The van der Waals surface area contributed by atoms with Crippen LogP contribution in [0.25, 0.3) is 10.9 Å². The topological polar surface area (TPSA) is 82.3 Å². The number of carbonyl (C=O) groups excluding carboxylic acids is 1. The van der Waals surface area contributed by atoms with Crippen molar-refractivity contribution in [2.24, 2.45) is 0 Å².